The minimum atomic E-state index is -0.138. The van der Waals surface area contributed by atoms with E-state index in [1.165, 1.54) is 12.5 Å². The van der Waals surface area contributed by atoms with Gasteiger partial charge in [0.2, 0.25) is 5.91 Å². The Morgan fingerprint density at radius 3 is 2.54 bits per heavy atom. The Kier molecular flexibility index (Phi) is 6.02. The summed E-state index contributed by atoms with van der Waals surface area (Å²) in [4.78, 5) is 28.4. The third-order valence-corrected chi connectivity index (χ3v) is 4.55. The summed E-state index contributed by atoms with van der Waals surface area (Å²) >= 11 is 0. The molecule has 1 aliphatic heterocycles. The van der Waals surface area contributed by atoms with Crippen LogP contribution in [0.3, 0.4) is 0 Å². The summed E-state index contributed by atoms with van der Waals surface area (Å²) in [6.45, 7) is 5.71. The molecule has 136 valence electrons. The van der Waals surface area contributed by atoms with Crippen LogP contribution in [0, 0.1) is 0 Å². The Morgan fingerprint density at radius 2 is 1.77 bits per heavy atom. The lowest BCUT2D eigenvalue weighted by atomic mass is 10.1. The van der Waals surface area contributed by atoms with Gasteiger partial charge in [-0.1, -0.05) is 36.4 Å². The molecule has 0 saturated carbocycles. The van der Waals surface area contributed by atoms with Crippen molar-refractivity contribution in [1.82, 2.24) is 9.80 Å². The van der Waals surface area contributed by atoms with E-state index in [1.807, 2.05) is 11.0 Å². The van der Waals surface area contributed by atoms with Crippen LogP contribution in [0.5, 0.6) is 0 Å². The van der Waals surface area contributed by atoms with Gasteiger partial charge in [-0.15, -0.1) is 0 Å². The smallest absolute Gasteiger partial charge is 0.253 e. The zero-order valence-corrected chi connectivity index (χ0v) is 15.1. The van der Waals surface area contributed by atoms with Gasteiger partial charge >= 0.3 is 0 Å². The average molecular weight is 351 g/mol. The average Bonchev–Trinajstić information content (AvgIpc) is 2.87. The van der Waals surface area contributed by atoms with E-state index < -0.39 is 0 Å². The number of nitrogens with zero attached hydrogens (tertiary/aromatic N) is 2. The highest BCUT2D eigenvalue weighted by molar-refractivity contribution is 5.96. The molecule has 3 rings (SSSR count). The van der Waals surface area contributed by atoms with Crippen LogP contribution in [-0.4, -0.2) is 47.8 Å². The molecule has 0 atom stereocenters. The lowest BCUT2D eigenvalue weighted by molar-refractivity contribution is -0.114. The van der Waals surface area contributed by atoms with Crippen molar-refractivity contribution in [2.45, 2.75) is 19.9 Å². The molecule has 2 aromatic rings. The standard InChI is InChI=1S/C21H25N3O2/c1-17(25)22-20-10-5-9-19(15-20)21(26)24-12-6-11-23(13-14-24)16-18-7-3-2-4-8-18/h2-5,7-10,15H,6,11-14,16H2,1H3,(H,22,25). The first-order valence-electron chi connectivity index (χ1n) is 9.05. The van der Waals surface area contributed by atoms with Crippen molar-refractivity contribution < 1.29 is 9.59 Å². The van der Waals surface area contributed by atoms with Crippen molar-refractivity contribution in [3.8, 4) is 0 Å². The SMILES string of the molecule is CC(=O)Nc1cccc(C(=O)N2CCCN(Cc3ccccc3)CC2)c1. The summed E-state index contributed by atoms with van der Waals surface area (Å²) in [5.41, 5.74) is 2.58. The van der Waals surface area contributed by atoms with Crippen LogP contribution < -0.4 is 5.32 Å². The van der Waals surface area contributed by atoms with E-state index >= 15 is 0 Å². The second kappa shape index (κ2) is 8.63. The van der Waals surface area contributed by atoms with Gasteiger partial charge in [-0.25, -0.2) is 0 Å². The van der Waals surface area contributed by atoms with Crippen molar-refractivity contribution in [1.29, 1.82) is 0 Å². The van der Waals surface area contributed by atoms with Gasteiger partial charge < -0.3 is 10.2 Å². The van der Waals surface area contributed by atoms with Gasteiger partial charge in [0.25, 0.3) is 5.91 Å². The molecular weight excluding hydrogens is 326 g/mol. The molecule has 5 heteroatoms. The van der Waals surface area contributed by atoms with Gasteiger partial charge in [-0.05, 0) is 30.2 Å². The fourth-order valence-corrected chi connectivity index (χ4v) is 3.29. The molecule has 26 heavy (non-hydrogen) atoms. The molecule has 2 aromatic carbocycles. The maximum absolute atomic E-state index is 12.9. The minimum absolute atomic E-state index is 0.0266. The van der Waals surface area contributed by atoms with E-state index in [2.05, 4.69) is 34.5 Å². The first-order chi connectivity index (χ1) is 12.6. The topological polar surface area (TPSA) is 52.7 Å². The van der Waals surface area contributed by atoms with E-state index in [1.54, 1.807) is 24.3 Å². The zero-order valence-electron chi connectivity index (χ0n) is 15.1. The van der Waals surface area contributed by atoms with E-state index in [0.717, 1.165) is 39.1 Å². The molecule has 0 unspecified atom stereocenters. The molecular formula is C21H25N3O2. The van der Waals surface area contributed by atoms with Gasteiger partial charge in [-0.2, -0.15) is 0 Å². The van der Waals surface area contributed by atoms with Gasteiger partial charge in [0.15, 0.2) is 0 Å². The van der Waals surface area contributed by atoms with Crippen molar-refractivity contribution in [3.05, 3.63) is 65.7 Å². The fourth-order valence-electron chi connectivity index (χ4n) is 3.29. The lowest BCUT2D eigenvalue weighted by Gasteiger charge is -2.22. The Labute approximate surface area is 154 Å². The summed E-state index contributed by atoms with van der Waals surface area (Å²) in [5.74, 6) is -0.111. The number of amides is 2. The van der Waals surface area contributed by atoms with Crippen molar-refractivity contribution in [3.63, 3.8) is 0 Å². The molecule has 1 fully saturated rings. The second-order valence-corrected chi connectivity index (χ2v) is 6.67. The van der Waals surface area contributed by atoms with Crippen LogP contribution in [-0.2, 0) is 11.3 Å². The highest BCUT2D eigenvalue weighted by Gasteiger charge is 2.20. The molecule has 1 saturated heterocycles. The molecule has 5 nitrogen and oxygen atoms in total. The second-order valence-electron chi connectivity index (χ2n) is 6.67. The third kappa shape index (κ3) is 4.92. The van der Waals surface area contributed by atoms with Gasteiger partial charge in [0, 0.05) is 50.9 Å². The molecule has 0 aromatic heterocycles. The van der Waals surface area contributed by atoms with Crippen LogP contribution in [0.1, 0.15) is 29.3 Å². The maximum atomic E-state index is 12.9. The predicted octanol–water partition coefficient (Wildman–Crippen LogP) is 2.99. The number of nitrogens with one attached hydrogen (secondary N) is 1. The summed E-state index contributed by atoms with van der Waals surface area (Å²) in [6, 6.07) is 17.6. The number of carbonyl (C=O) groups excluding carboxylic acids is 2. The number of hydrogen-bond donors (Lipinski definition) is 1. The Balaban J connectivity index is 1.61. The summed E-state index contributed by atoms with van der Waals surface area (Å²) in [6.07, 6.45) is 0.962. The van der Waals surface area contributed by atoms with Crippen LogP contribution in [0.2, 0.25) is 0 Å². The fraction of sp³-hybridized carbons (Fsp3) is 0.333. The lowest BCUT2D eigenvalue weighted by Crippen LogP contribution is -2.35. The maximum Gasteiger partial charge on any atom is 0.253 e. The van der Waals surface area contributed by atoms with E-state index in [9.17, 15) is 9.59 Å². The summed E-state index contributed by atoms with van der Waals surface area (Å²) in [5, 5.41) is 2.73. The van der Waals surface area contributed by atoms with E-state index in [-0.39, 0.29) is 11.8 Å². The first-order valence-corrected chi connectivity index (χ1v) is 9.05. The number of rotatable bonds is 4. The summed E-state index contributed by atoms with van der Waals surface area (Å²) in [7, 11) is 0. The first kappa shape index (κ1) is 18.1. The quantitative estimate of drug-likeness (QED) is 0.921. The van der Waals surface area contributed by atoms with Crippen LogP contribution in [0.25, 0.3) is 0 Å². The molecule has 1 N–H and O–H groups in total. The predicted molar refractivity (Wildman–Crippen MR) is 103 cm³/mol. The molecule has 2 amide bonds. The van der Waals surface area contributed by atoms with Crippen LogP contribution in [0.15, 0.2) is 54.6 Å². The minimum Gasteiger partial charge on any atom is -0.337 e. The van der Waals surface area contributed by atoms with E-state index in [4.69, 9.17) is 0 Å². The molecule has 0 spiro atoms. The zero-order chi connectivity index (χ0) is 18.4. The van der Waals surface area contributed by atoms with Crippen molar-refractivity contribution in [2.75, 3.05) is 31.5 Å². The molecule has 0 bridgehead atoms. The number of benzene rings is 2. The Morgan fingerprint density at radius 1 is 0.962 bits per heavy atom. The van der Waals surface area contributed by atoms with E-state index in [0.29, 0.717) is 11.3 Å². The van der Waals surface area contributed by atoms with Crippen molar-refractivity contribution in [2.24, 2.45) is 0 Å². The highest BCUT2D eigenvalue weighted by atomic mass is 16.2. The molecule has 0 aliphatic carbocycles. The van der Waals surface area contributed by atoms with Crippen molar-refractivity contribution >= 4 is 17.5 Å². The van der Waals surface area contributed by atoms with Crippen LogP contribution in [0.4, 0.5) is 5.69 Å². The summed E-state index contributed by atoms with van der Waals surface area (Å²) < 4.78 is 0. The molecule has 0 radical (unpaired) electrons. The van der Waals surface area contributed by atoms with Crippen LogP contribution >= 0.6 is 0 Å². The number of anilines is 1. The molecule has 1 aliphatic rings. The van der Waals surface area contributed by atoms with Gasteiger partial charge in [-0.3, -0.25) is 14.5 Å². The normalized spacial score (nSPS) is 15.3. The number of hydrogen-bond acceptors (Lipinski definition) is 3. The monoisotopic (exact) mass is 351 g/mol. The molecule has 1 heterocycles. The number of carbonyl (C=O) groups is 2. The van der Waals surface area contributed by atoms with Gasteiger partial charge in [0.05, 0.1) is 0 Å². The Bertz CT molecular complexity index is 761. The highest BCUT2D eigenvalue weighted by Crippen LogP contribution is 2.15. The van der Waals surface area contributed by atoms with Gasteiger partial charge in [0.1, 0.15) is 0 Å². The Hall–Kier alpha value is -2.66. The third-order valence-electron chi connectivity index (χ3n) is 4.55. The largest absolute Gasteiger partial charge is 0.337 e.